The van der Waals surface area contributed by atoms with E-state index < -0.39 is 0 Å². The van der Waals surface area contributed by atoms with Crippen LogP contribution in [0.15, 0.2) is 18.3 Å². The van der Waals surface area contributed by atoms with Gasteiger partial charge in [-0.25, -0.2) is 0 Å². The second-order valence-corrected chi connectivity index (χ2v) is 3.72. The van der Waals surface area contributed by atoms with Crippen LogP contribution >= 0.6 is 0 Å². The fraction of sp³-hybridized carbons (Fsp3) is 0.364. The average molecular weight is 236 g/mol. The molecule has 0 atom stereocenters. The molecule has 0 unspecified atom stereocenters. The van der Waals surface area contributed by atoms with Crippen molar-refractivity contribution in [2.45, 2.75) is 0 Å². The molecule has 0 aliphatic heterocycles. The van der Waals surface area contributed by atoms with Gasteiger partial charge in [-0.05, 0) is 12.1 Å². The lowest BCUT2D eigenvalue weighted by molar-refractivity contribution is -0.129. The zero-order valence-electron chi connectivity index (χ0n) is 10.2. The van der Waals surface area contributed by atoms with Gasteiger partial charge in [0.1, 0.15) is 0 Å². The molecule has 0 aromatic carbocycles. The van der Waals surface area contributed by atoms with E-state index in [-0.39, 0.29) is 18.4 Å². The number of rotatable bonds is 4. The lowest BCUT2D eigenvalue weighted by atomic mass is 10.3. The Labute approximate surface area is 99.9 Å². The number of hydrogen-bond acceptors (Lipinski definition) is 3. The number of carbonyl (C=O) groups excluding carboxylic acids is 2. The van der Waals surface area contributed by atoms with E-state index in [1.165, 1.54) is 11.0 Å². The topological polar surface area (TPSA) is 67.2 Å². The molecule has 1 aromatic heterocycles. The Bertz CT molecular complexity index is 434. The normalized spacial score (nSPS) is 10.5. The van der Waals surface area contributed by atoms with Gasteiger partial charge >= 0.3 is 0 Å². The molecule has 0 fully saturated rings. The zero-order chi connectivity index (χ0) is 12.8. The van der Waals surface area contributed by atoms with Crippen molar-refractivity contribution < 1.29 is 9.59 Å². The summed E-state index contributed by atoms with van der Waals surface area (Å²) in [5.74, 6) is -0.450. The molecule has 1 aromatic rings. The van der Waals surface area contributed by atoms with Crippen molar-refractivity contribution in [2.24, 2.45) is 7.05 Å². The molecule has 0 saturated heterocycles. The number of aromatic nitrogens is 2. The van der Waals surface area contributed by atoms with Crippen molar-refractivity contribution in [1.82, 2.24) is 20.0 Å². The average Bonchev–Trinajstić information content (AvgIpc) is 2.68. The summed E-state index contributed by atoms with van der Waals surface area (Å²) in [6, 6.07) is 1.79. The van der Waals surface area contributed by atoms with Crippen LogP contribution in [-0.4, -0.2) is 47.1 Å². The number of amides is 2. The van der Waals surface area contributed by atoms with Crippen LogP contribution in [0.5, 0.6) is 0 Å². The summed E-state index contributed by atoms with van der Waals surface area (Å²) >= 11 is 0. The second kappa shape index (κ2) is 5.83. The highest BCUT2D eigenvalue weighted by Gasteiger charge is 2.04. The van der Waals surface area contributed by atoms with Gasteiger partial charge in [0.2, 0.25) is 11.8 Å². The first kappa shape index (κ1) is 13.0. The van der Waals surface area contributed by atoms with Gasteiger partial charge < -0.3 is 10.2 Å². The molecule has 0 aliphatic carbocycles. The standard InChI is InChI=1S/C11H16N4O2/c1-14(2)11(17)8-12-10(16)5-4-9-6-7-13-15(9)3/h4-7H,8H2,1-3H3,(H,12,16)/b5-4+. The van der Waals surface area contributed by atoms with E-state index in [1.807, 2.05) is 0 Å². The third-order valence-corrected chi connectivity index (χ3v) is 2.18. The van der Waals surface area contributed by atoms with Gasteiger partial charge in [0, 0.05) is 33.4 Å². The van der Waals surface area contributed by atoms with E-state index in [0.717, 1.165) is 5.69 Å². The highest BCUT2D eigenvalue weighted by Crippen LogP contribution is 1.98. The molecule has 92 valence electrons. The molecule has 0 spiro atoms. The van der Waals surface area contributed by atoms with Gasteiger partial charge in [0.15, 0.2) is 0 Å². The number of carbonyl (C=O) groups is 2. The second-order valence-electron chi connectivity index (χ2n) is 3.72. The largest absolute Gasteiger partial charge is 0.347 e. The lowest BCUT2D eigenvalue weighted by Crippen LogP contribution is -2.35. The summed E-state index contributed by atoms with van der Waals surface area (Å²) in [7, 11) is 5.06. The quantitative estimate of drug-likeness (QED) is 0.726. The maximum Gasteiger partial charge on any atom is 0.244 e. The van der Waals surface area contributed by atoms with Crippen molar-refractivity contribution >= 4 is 17.9 Å². The monoisotopic (exact) mass is 236 g/mol. The fourth-order valence-electron chi connectivity index (χ4n) is 1.09. The molecule has 0 bridgehead atoms. The number of aryl methyl sites for hydroxylation is 1. The van der Waals surface area contributed by atoms with Crippen LogP contribution in [-0.2, 0) is 16.6 Å². The van der Waals surface area contributed by atoms with Gasteiger partial charge in [0.25, 0.3) is 0 Å². The van der Waals surface area contributed by atoms with Gasteiger partial charge in [-0.3, -0.25) is 14.3 Å². The number of hydrogen-bond donors (Lipinski definition) is 1. The van der Waals surface area contributed by atoms with Gasteiger partial charge in [-0.1, -0.05) is 0 Å². The van der Waals surface area contributed by atoms with Crippen molar-refractivity contribution in [1.29, 1.82) is 0 Å². The van der Waals surface area contributed by atoms with Crippen LogP contribution < -0.4 is 5.32 Å². The van der Waals surface area contributed by atoms with Crippen molar-refractivity contribution in [3.63, 3.8) is 0 Å². The molecule has 1 heterocycles. The predicted molar refractivity (Wildman–Crippen MR) is 63.9 cm³/mol. The van der Waals surface area contributed by atoms with E-state index in [0.29, 0.717) is 0 Å². The highest BCUT2D eigenvalue weighted by molar-refractivity contribution is 5.94. The smallest absolute Gasteiger partial charge is 0.244 e. The molecule has 1 rings (SSSR count). The Morgan fingerprint density at radius 3 is 2.76 bits per heavy atom. The van der Waals surface area contributed by atoms with Crippen molar-refractivity contribution in [3.8, 4) is 0 Å². The van der Waals surface area contributed by atoms with E-state index >= 15 is 0 Å². The molecule has 1 N–H and O–H groups in total. The van der Waals surface area contributed by atoms with Gasteiger partial charge in [-0.15, -0.1) is 0 Å². The Balaban J connectivity index is 2.43. The van der Waals surface area contributed by atoms with E-state index in [1.54, 1.807) is 44.2 Å². The first-order valence-electron chi connectivity index (χ1n) is 5.15. The maximum atomic E-state index is 11.4. The van der Waals surface area contributed by atoms with E-state index in [9.17, 15) is 9.59 Å². The fourth-order valence-corrected chi connectivity index (χ4v) is 1.09. The SMILES string of the molecule is CN(C)C(=O)CNC(=O)/C=C/c1ccnn1C. The summed E-state index contributed by atoms with van der Waals surface area (Å²) in [6.07, 6.45) is 4.66. The van der Waals surface area contributed by atoms with Crippen LogP contribution in [0.2, 0.25) is 0 Å². The third-order valence-electron chi connectivity index (χ3n) is 2.18. The lowest BCUT2D eigenvalue weighted by Gasteiger charge is -2.09. The van der Waals surface area contributed by atoms with E-state index in [4.69, 9.17) is 0 Å². The summed E-state index contributed by atoms with van der Waals surface area (Å²) in [6.45, 7) is 0.00155. The number of likely N-dealkylation sites (N-methyl/N-ethyl adjacent to an activating group) is 1. The first-order valence-corrected chi connectivity index (χ1v) is 5.15. The summed E-state index contributed by atoms with van der Waals surface area (Å²) in [4.78, 5) is 24.0. The van der Waals surface area contributed by atoms with Crippen LogP contribution in [0.3, 0.4) is 0 Å². The molecule has 0 radical (unpaired) electrons. The van der Waals surface area contributed by atoms with Gasteiger partial charge in [-0.2, -0.15) is 5.10 Å². The van der Waals surface area contributed by atoms with Crippen LogP contribution in [0.25, 0.3) is 6.08 Å². The van der Waals surface area contributed by atoms with Crippen molar-refractivity contribution in [2.75, 3.05) is 20.6 Å². The molecular formula is C11H16N4O2. The predicted octanol–water partition coefficient (Wildman–Crippen LogP) is -0.362. The minimum Gasteiger partial charge on any atom is -0.347 e. The summed E-state index contributed by atoms with van der Waals surface area (Å²) in [5.41, 5.74) is 0.819. The van der Waals surface area contributed by atoms with Crippen LogP contribution in [0.1, 0.15) is 5.69 Å². The number of nitrogens with zero attached hydrogens (tertiary/aromatic N) is 3. The van der Waals surface area contributed by atoms with Crippen LogP contribution in [0, 0.1) is 0 Å². The summed E-state index contributed by atoms with van der Waals surface area (Å²) in [5, 5.41) is 6.46. The molecule has 6 heteroatoms. The number of nitrogens with one attached hydrogen (secondary N) is 1. The van der Waals surface area contributed by atoms with Gasteiger partial charge in [0.05, 0.1) is 12.2 Å². The summed E-state index contributed by atoms with van der Waals surface area (Å²) < 4.78 is 1.65. The molecule has 2 amide bonds. The molecule has 6 nitrogen and oxygen atoms in total. The highest BCUT2D eigenvalue weighted by atomic mass is 16.2. The Hall–Kier alpha value is -2.11. The minimum atomic E-state index is -0.304. The molecule has 0 aliphatic rings. The first-order chi connectivity index (χ1) is 8.00. The molecular weight excluding hydrogens is 220 g/mol. The Morgan fingerprint density at radius 2 is 2.24 bits per heavy atom. The molecule has 17 heavy (non-hydrogen) atoms. The third kappa shape index (κ3) is 4.10. The van der Waals surface area contributed by atoms with E-state index in [2.05, 4.69) is 10.4 Å². The Kier molecular flexibility index (Phi) is 4.45. The zero-order valence-corrected chi connectivity index (χ0v) is 10.2. The molecule has 0 saturated carbocycles. The van der Waals surface area contributed by atoms with Crippen molar-refractivity contribution in [3.05, 3.63) is 24.0 Å². The minimum absolute atomic E-state index is 0.00155. The van der Waals surface area contributed by atoms with Crippen LogP contribution in [0.4, 0.5) is 0 Å². The maximum absolute atomic E-state index is 11.4. The Morgan fingerprint density at radius 1 is 1.53 bits per heavy atom.